The minimum Gasteiger partial charge on any atom is -0.363 e. The molecule has 0 aliphatic rings. The molecule has 0 bridgehead atoms. The smallest absolute Gasteiger partial charge is 0.363 e. The SMILES string of the molecule is CO[Si](OC)(OC)OCCOCCl. The Kier molecular flexibility index (Phi) is 7.87. The Morgan fingerprint density at radius 2 is 1.54 bits per heavy atom. The van der Waals surface area contributed by atoms with E-state index in [1.165, 1.54) is 21.3 Å². The van der Waals surface area contributed by atoms with Crippen molar-refractivity contribution in [3.63, 3.8) is 0 Å². The van der Waals surface area contributed by atoms with E-state index in [9.17, 15) is 0 Å². The third-order valence-electron chi connectivity index (χ3n) is 1.33. The fourth-order valence-corrected chi connectivity index (χ4v) is 2.00. The molecule has 0 heterocycles. The van der Waals surface area contributed by atoms with Crippen LogP contribution in [0.25, 0.3) is 0 Å². The zero-order chi connectivity index (χ0) is 10.2. The molecule has 0 rings (SSSR count). The van der Waals surface area contributed by atoms with Crippen molar-refractivity contribution in [2.75, 3.05) is 40.6 Å². The minimum atomic E-state index is -2.89. The van der Waals surface area contributed by atoms with Crippen molar-refractivity contribution in [1.82, 2.24) is 0 Å². The van der Waals surface area contributed by atoms with Crippen LogP contribution in [0.15, 0.2) is 0 Å². The Morgan fingerprint density at radius 3 is 1.92 bits per heavy atom. The Morgan fingerprint density at radius 1 is 1.00 bits per heavy atom. The molecule has 0 radical (unpaired) electrons. The molecule has 0 atom stereocenters. The van der Waals surface area contributed by atoms with Crippen LogP contribution in [0, 0.1) is 0 Å². The van der Waals surface area contributed by atoms with Crippen LogP contribution in [0.1, 0.15) is 0 Å². The van der Waals surface area contributed by atoms with Crippen molar-refractivity contribution in [1.29, 1.82) is 0 Å². The Bertz CT molecular complexity index is 113. The van der Waals surface area contributed by atoms with Crippen molar-refractivity contribution in [2.45, 2.75) is 0 Å². The van der Waals surface area contributed by atoms with Gasteiger partial charge in [0, 0.05) is 21.3 Å². The van der Waals surface area contributed by atoms with Crippen LogP contribution in [0.5, 0.6) is 0 Å². The lowest BCUT2D eigenvalue weighted by atomic mass is 10.8. The maximum atomic E-state index is 5.29. The fraction of sp³-hybridized carbons (Fsp3) is 1.00. The standard InChI is InChI=1S/C6H15ClO5Si/c1-8-13(9-2,10-3)12-5-4-11-6-7/h4-6H2,1-3H3. The van der Waals surface area contributed by atoms with Crippen LogP contribution in [-0.2, 0) is 22.4 Å². The summed E-state index contributed by atoms with van der Waals surface area (Å²) in [7, 11) is 1.53. The van der Waals surface area contributed by atoms with Crippen LogP contribution in [0.2, 0.25) is 0 Å². The predicted molar refractivity (Wildman–Crippen MR) is 49.4 cm³/mol. The van der Waals surface area contributed by atoms with Crippen molar-refractivity contribution in [2.24, 2.45) is 0 Å². The first-order chi connectivity index (χ1) is 6.24. The maximum Gasteiger partial charge on any atom is 0.678 e. The molecule has 0 aliphatic carbocycles. The van der Waals surface area contributed by atoms with Crippen LogP contribution in [0.3, 0.4) is 0 Å². The average molecular weight is 231 g/mol. The van der Waals surface area contributed by atoms with Crippen LogP contribution in [-0.4, -0.2) is 49.7 Å². The molecule has 0 saturated heterocycles. The van der Waals surface area contributed by atoms with E-state index in [0.717, 1.165) is 0 Å². The lowest BCUT2D eigenvalue weighted by Gasteiger charge is -2.22. The zero-order valence-electron chi connectivity index (χ0n) is 8.04. The Balaban J connectivity index is 3.68. The molecule has 0 saturated carbocycles. The average Bonchev–Trinajstić information content (AvgIpc) is 2.20. The van der Waals surface area contributed by atoms with Gasteiger partial charge in [0.15, 0.2) is 0 Å². The van der Waals surface area contributed by atoms with Gasteiger partial charge in [-0.15, -0.1) is 0 Å². The first-order valence-electron chi connectivity index (χ1n) is 3.67. The molecule has 0 unspecified atom stereocenters. The maximum absolute atomic E-state index is 5.29. The fourth-order valence-electron chi connectivity index (χ4n) is 0.707. The van der Waals surface area contributed by atoms with Crippen molar-refractivity contribution in [3.8, 4) is 0 Å². The van der Waals surface area contributed by atoms with E-state index in [0.29, 0.717) is 13.2 Å². The van der Waals surface area contributed by atoms with E-state index in [-0.39, 0.29) is 6.07 Å². The van der Waals surface area contributed by atoms with E-state index in [1.807, 2.05) is 0 Å². The number of ether oxygens (including phenoxy) is 1. The molecule has 0 aromatic carbocycles. The molecule has 0 fully saturated rings. The summed E-state index contributed by atoms with van der Waals surface area (Å²) < 4.78 is 25.1. The van der Waals surface area contributed by atoms with E-state index >= 15 is 0 Å². The minimum absolute atomic E-state index is 0.144. The van der Waals surface area contributed by atoms with Gasteiger partial charge in [-0.05, 0) is 0 Å². The number of alkyl halides is 1. The summed E-state index contributed by atoms with van der Waals surface area (Å²) in [6.45, 7) is 0.711. The van der Waals surface area contributed by atoms with Crippen molar-refractivity contribution >= 4 is 20.6 Å². The summed E-state index contributed by atoms with van der Waals surface area (Å²) in [6, 6.07) is 0.144. The lowest BCUT2D eigenvalue weighted by molar-refractivity contribution is -0.00812. The third kappa shape index (κ3) is 4.92. The molecule has 0 aromatic heterocycles. The number of hydrogen-bond donors (Lipinski definition) is 0. The van der Waals surface area contributed by atoms with Gasteiger partial charge < -0.3 is 22.4 Å². The zero-order valence-corrected chi connectivity index (χ0v) is 9.80. The molecular formula is C6H15ClO5Si. The van der Waals surface area contributed by atoms with Gasteiger partial charge in [-0.1, -0.05) is 11.6 Å². The topological polar surface area (TPSA) is 46.2 Å². The van der Waals surface area contributed by atoms with Gasteiger partial charge in [-0.2, -0.15) is 0 Å². The number of rotatable bonds is 8. The van der Waals surface area contributed by atoms with Gasteiger partial charge in [0.2, 0.25) is 0 Å². The van der Waals surface area contributed by atoms with Crippen molar-refractivity contribution in [3.05, 3.63) is 0 Å². The summed E-state index contributed by atoms with van der Waals surface area (Å²) >= 11 is 5.29. The molecule has 0 spiro atoms. The van der Waals surface area contributed by atoms with Gasteiger partial charge in [-0.3, -0.25) is 0 Å². The summed E-state index contributed by atoms with van der Waals surface area (Å²) in [6.07, 6.45) is 0. The molecule has 13 heavy (non-hydrogen) atoms. The molecular weight excluding hydrogens is 216 g/mol. The number of halogens is 1. The summed E-state index contributed by atoms with van der Waals surface area (Å²) in [5.41, 5.74) is 0. The molecule has 0 amide bonds. The summed E-state index contributed by atoms with van der Waals surface area (Å²) in [5, 5.41) is 0. The van der Waals surface area contributed by atoms with Gasteiger partial charge in [0.25, 0.3) is 0 Å². The number of hydrogen-bond acceptors (Lipinski definition) is 5. The monoisotopic (exact) mass is 230 g/mol. The van der Waals surface area contributed by atoms with Crippen molar-refractivity contribution < 1.29 is 22.4 Å². The molecule has 7 heteroatoms. The van der Waals surface area contributed by atoms with Crippen LogP contribution >= 0.6 is 11.6 Å². The predicted octanol–water partition coefficient (Wildman–Crippen LogP) is 0.591. The molecule has 0 aliphatic heterocycles. The normalized spacial score (nSPS) is 12.0. The quantitative estimate of drug-likeness (QED) is 0.347. The summed E-state index contributed by atoms with van der Waals surface area (Å²) in [4.78, 5) is 0. The highest BCUT2D eigenvalue weighted by atomic mass is 35.5. The Labute approximate surface area is 84.3 Å². The highest BCUT2D eigenvalue weighted by Crippen LogP contribution is 2.07. The third-order valence-corrected chi connectivity index (χ3v) is 3.55. The highest BCUT2D eigenvalue weighted by Gasteiger charge is 2.41. The molecule has 80 valence electrons. The van der Waals surface area contributed by atoms with Gasteiger partial charge in [-0.25, -0.2) is 0 Å². The molecule has 0 aromatic rings. The second-order valence-corrected chi connectivity index (χ2v) is 4.71. The van der Waals surface area contributed by atoms with Gasteiger partial charge in [0.1, 0.15) is 6.07 Å². The van der Waals surface area contributed by atoms with E-state index in [1.54, 1.807) is 0 Å². The van der Waals surface area contributed by atoms with Crippen LogP contribution < -0.4 is 0 Å². The summed E-state index contributed by atoms with van der Waals surface area (Å²) in [5.74, 6) is 0. The molecule has 5 nitrogen and oxygen atoms in total. The second kappa shape index (κ2) is 7.69. The van der Waals surface area contributed by atoms with E-state index in [4.69, 9.17) is 34.0 Å². The highest BCUT2D eigenvalue weighted by molar-refractivity contribution is 6.53. The first-order valence-corrected chi connectivity index (χ1v) is 5.84. The molecule has 0 N–H and O–H groups in total. The van der Waals surface area contributed by atoms with E-state index < -0.39 is 9.05 Å². The van der Waals surface area contributed by atoms with E-state index in [2.05, 4.69) is 0 Å². The largest absolute Gasteiger partial charge is 0.678 e. The second-order valence-electron chi connectivity index (χ2n) is 1.98. The Hall–Kier alpha value is 0.307. The van der Waals surface area contributed by atoms with Gasteiger partial charge >= 0.3 is 9.05 Å². The lowest BCUT2D eigenvalue weighted by Crippen LogP contribution is -2.47. The van der Waals surface area contributed by atoms with Gasteiger partial charge in [0.05, 0.1) is 13.2 Å². The van der Waals surface area contributed by atoms with Crippen LogP contribution in [0.4, 0.5) is 0 Å². The first kappa shape index (κ1) is 13.3.